The summed E-state index contributed by atoms with van der Waals surface area (Å²) in [6.45, 7) is 0.458. The summed E-state index contributed by atoms with van der Waals surface area (Å²) in [4.78, 5) is 10.4. The molecule has 0 fully saturated rings. The molecule has 1 aromatic rings. The van der Waals surface area contributed by atoms with Gasteiger partial charge in [0, 0.05) is 18.7 Å². The van der Waals surface area contributed by atoms with Crippen LogP contribution in [0.2, 0.25) is 0 Å². The van der Waals surface area contributed by atoms with E-state index in [1.54, 1.807) is 12.1 Å². The monoisotopic (exact) mass is 195 g/mol. The SMILES string of the molecule is NC(=O)CCNc1ccc(O)c(N)c1. The van der Waals surface area contributed by atoms with E-state index in [-0.39, 0.29) is 18.1 Å². The number of anilines is 2. The van der Waals surface area contributed by atoms with Gasteiger partial charge in [-0.1, -0.05) is 0 Å². The number of nitrogen functional groups attached to an aromatic ring is 1. The Morgan fingerprint density at radius 2 is 2.21 bits per heavy atom. The molecule has 0 radical (unpaired) electrons. The molecule has 5 heteroatoms. The van der Waals surface area contributed by atoms with Crippen molar-refractivity contribution in [1.29, 1.82) is 0 Å². The van der Waals surface area contributed by atoms with Crippen LogP contribution in [-0.2, 0) is 4.79 Å². The van der Waals surface area contributed by atoms with Gasteiger partial charge in [0.2, 0.25) is 5.91 Å². The second kappa shape index (κ2) is 4.36. The standard InChI is InChI=1S/C9H13N3O2/c10-7-5-6(1-2-8(7)13)12-4-3-9(11)14/h1-2,5,12-13H,3-4,10H2,(H2,11,14). The molecule has 0 heterocycles. The first-order valence-electron chi connectivity index (χ1n) is 4.20. The van der Waals surface area contributed by atoms with Crippen molar-refractivity contribution in [3.05, 3.63) is 18.2 Å². The number of amides is 1. The normalized spacial score (nSPS) is 9.71. The van der Waals surface area contributed by atoms with E-state index < -0.39 is 0 Å². The molecule has 0 aliphatic rings. The molecule has 14 heavy (non-hydrogen) atoms. The van der Waals surface area contributed by atoms with Crippen molar-refractivity contribution in [3.63, 3.8) is 0 Å². The van der Waals surface area contributed by atoms with Crippen LogP contribution in [0.1, 0.15) is 6.42 Å². The first kappa shape index (κ1) is 10.2. The molecular weight excluding hydrogens is 182 g/mol. The Balaban J connectivity index is 2.51. The summed E-state index contributed by atoms with van der Waals surface area (Å²) >= 11 is 0. The summed E-state index contributed by atoms with van der Waals surface area (Å²) in [5.41, 5.74) is 11.5. The first-order chi connectivity index (χ1) is 6.59. The Hall–Kier alpha value is -1.91. The van der Waals surface area contributed by atoms with Crippen molar-refractivity contribution >= 4 is 17.3 Å². The van der Waals surface area contributed by atoms with Gasteiger partial charge in [-0.3, -0.25) is 4.79 Å². The highest BCUT2D eigenvalue weighted by Crippen LogP contribution is 2.22. The molecule has 0 aromatic heterocycles. The summed E-state index contributed by atoms with van der Waals surface area (Å²) in [6.07, 6.45) is 0.265. The fraction of sp³-hybridized carbons (Fsp3) is 0.222. The van der Waals surface area contributed by atoms with Gasteiger partial charge in [-0.15, -0.1) is 0 Å². The minimum absolute atomic E-state index is 0.0467. The van der Waals surface area contributed by atoms with Gasteiger partial charge < -0.3 is 21.9 Å². The molecule has 0 saturated carbocycles. The molecule has 76 valence electrons. The molecule has 0 unspecified atom stereocenters. The van der Waals surface area contributed by atoms with Gasteiger partial charge in [0.15, 0.2) is 0 Å². The van der Waals surface area contributed by atoms with Gasteiger partial charge in [-0.25, -0.2) is 0 Å². The summed E-state index contributed by atoms with van der Waals surface area (Å²) in [5.74, 6) is -0.310. The average Bonchev–Trinajstić information content (AvgIpc) is 2.10. The van der Waals surface area contributed by atoms with Crippen LogP contribution in [0.3, 0.4) is 0 Å². The van der Waals surface area contributed by atoms with E-state index in [1.165, 1.54) is 6.07 Å². The number of rotatable bonds is 4. The Bertz CT molecular complexity index is 339. The van der Waals surface area contributed by atoms with Crippen molar-refractivity contribution in [2.45, 2.75) is 6.42 Å². The molecule has 0 saturated heterocycles. The van der Waals surface area contributed by atoms with E-state index in [2.05, 4.69) is 5.32 Å². The molecule has 0 aliphatic carbocycles. The number of primary amides is 1. The molecule has 1 rings (SSSR count). The Morgan fingerprint density at radius 1 is 1.50 bits per heavy atom. The smallest absolute Gasteiger partial charge is 0.219 e. The Kier molecular flexibility index (Phi) is 3.17. The lowest BCUT2D eigenvalue weighted by Gasteiger charge is -2.06. The van der Waals surface area contributed by atoms with Gasteiger partial charge in [-0.05, 0) is 18.2 Å². The minimum Gasteiger partial charge on any atom is -0.506 e. The molecule has 0 atom stereocenters. The second-order valence-corrected chi connectivity index (χ2v) is 2.92. The van der Waals surface area contributed by atoms with Gasteiger partial charge in [0.05, 0.1) is 5.69 Å². The van der Waals surface area contributed by atoms with E-state index in [0.29, 0.717) is 12.2 Å². The highest BCUT2D eigenvalue weighted by Gasteiger charge is 1.98. The van der Waals surface area contributed by atoms with Gasteiger partial charge in [0.1, 0.15) is 5.75 Å². The highest BCUT2D eigenvalue weighted by molar-refractivity contribution is 5.74. The zero-order valence-electron chi connectivity index (χ0n) is 7.66. The van der Waals surface area contributed by atoms with E-state index in [1.807, 2.05) is 0 Å². The quantitative estimate of drug-likeness (QED) is 0.314. The van der Waals surface area contributed by atoms with Crippen molar-refractivity contribution in [3.8, 4) is 5.75 Å². The van der Waals surface area contributed by atoms with Crippen LogP contribution >= 0.6 is 0 Å². The lowest BCUT2D eigenvalue weighted by Crippen LogP contribution is -2.15. The molecule has 0 bridgehead atoms. The van der Waals surface area contributed by atoms with Gasteiger partial charge in [-0.2, -0.15) is 0 Å². The van der Waals surface area contributed by atoms with Crippen molar-refractivity contribution in [1.82, 2.24) is 0 Å². The van der Waals surface area contributed by atoms with Crippen molar-refractivity contribution in [2.24, 2.45) is 5.73 Å². The van der Waals surface area contributed by atoms with Crippen LogP contribution in [0.4, 0.5) is 11.4 Å². The summed E-state index contributed by atoms with van der Waals surface area (Å²) < 4.78 is 0. The highest BCUT2D eigenvalue weighted by atomic mass is 16.3. The minimum atomic E-state index is -0.357. The van der Waals surface area contributed by atoms with Crippen LogP contribution in [-0.4, -0.2) is 17.6 Å². The van der Waals surface area contributed by atoms with Gasteiger partial charge >= 0.3 is 0 Å². The number of benzene rings is 1. The first-order valence-corrected chi connectivity index (χ1v) is 4.20. The van der Waals surface area contributed by atoms with Crippen molar-refractivity contribution in [2.75, 3.05) is 17.6 Å². The summed E-state index contributed by atoms with van der Waals surface area (Å²) in [5, 5.41) is 12.1. The third kappa shape index (κ3) is 2.85. The zero-order valence-corrected chi connectivity index (χ0v) is 7.66. The van der Waals surface area contributed by atoms with Crippen LogP contribution < -0.4 is 16.8 Å². The predicted octanol–water partition coefficient (Wildman–Crippen LogP) is 0.262. The maximum atomic E-state index is 10.4. The number of phenolic OH excluding ortho intramolecular Hbond substituents is 1. The van der Waals surface area contributed by atoms with E-state index in [4.69, 9.17) is 16.6 Å². The predicted molar refractivity (Wildman–Crippen MR) is 54.8 cm³/mol. The number of aromatic hydroxyl groups is 1. The zero-order chi connectivity index (χ0) is 10.6. The van der Waals surface area contributed by atoms with E-state index in [0.717, 1.165) is 5.69 Å². The van der Waals surface area contributed by atoms with E-state index in [9.17, 15) is 4.79 Å². The molecule has 5 nitrogen and oxygen atoms in total. The van der Waals surface area contributed by atoms with Crippen LogP contribution in [0, 0.1) is 0 Å². The fourth-order valence-corrected chi connectivity index (χ4v) is 0.995. The molecule has 0 spiro atoms. The summed E-state index contributed by atoms with van der Waals surface area (Å²) in [7, 11) is 0. The molecule has 1 aromatic carbocycles. The van der Waals surface area contributed by atoms with Crippen molar-refractivity contribution < 1.29 is 9.90 Å². The number of hydrogen-bond donors (Lipinski definition) is 4. The van der Waals surface area contributed by atoms with Crippen LogP contribution in [0.5, 0.6) is 5.75 Å². The summed E-state index contributed by atoms with van der Waals surface area (Å²) in [6, 6.07) is 4.75. The third-order valence-corrected chi connectivity index (χ3v) is 1.73. The lowest BCUT2D eigenvalue weighted by atomic mass is 10.2. The molecule has 1 amide bonds. The number of carbonyl (C=O) groups excluding carboxylic acids is 1. The molecule has 0 aliphatic heterocycles. The average molecular weight is 195 g/mol. The van der Waals surface area contributed by atoms with E-state index >= 15 is 0 Å². The Labute approximate surface area is 81.7 Å². The van der Waals surface area contributed by atoms with Crippen LogP contribution in [0.15, 0.2) is 18.2 Å². The fourth-order valence-electron chi connectivity index (χ4n) is 0.995. The van der Waals surface area contributed by atoms with Gasteiger partial charge in [0.25, 0.3) is 0 Å². The molecule has 6 N–H and O–H groups in total. The number of phenols is 1. The number of carbonyl (C=O) groups is 1. The number of nitrogens with two attached hydrogens (primary N) is 2. The largest absolute Gasteiger partial charge is 0.506 e. The van der Waals surface area contributed by atoms with Crippen LogP contribution in [0.25, 0.3) is 0 Å². The second-order valence-electron chi connectivity index (χ2n) is 2.92. The lowest BCUT2D eigenvalue weighted by molar-refractivity contribution is -0.117. The molecular formula is C9H13N3O2. The third-order valence-electron chi connectivity index (χ3n) is 1.73. The topological polar surface area (TPSA) is 101 Å². The number of nitrogens with one attached hydrogen (secondary N) is 1. The Morgan fingerprint density at radius 3 is 2.79 bits per heavy atom. The maximum Gasteiger partial charge on any atom is 0.219 e. The maximum absolute atomic E-state index is 10.4. The number of hydrogen-bond acceptors (Lipinski definition) is 4.